The highest BCUT2D eigenvalue weighted by atomic mass is 16.7. The Labute approximate surface area is 637 Å². The second kappa shape index (κ2) is 45.0. The van der Waals surface area contributed by atoms with Crippen LogP contribution in [-0.4, -0.2) is 322 Å². The monoisotopic (exact) mass is 1550 g/mol. The third-order valence-electron chi connectivity index (χ3n) is 20.7. The summed E-state index contributed by atoms with van der Waals surface area (Å²) in [5.74, 6) is -1.80. The zero-order chi connectivity index (χ0) is 78.7. The molecule has 2 amide bonds. The molecule has 0 saturated carbocycles. The summed E-state index contributed by atoms with van der Waals surface area (Å²) in [4.78, 5) is 28.7. The first-order valence-electron chi connectivity index (χ1n) is 38.9. The Morgan fingerprint density at radius 2 is 0.853 bits per heavy atom. The number of rotatable bonds is 48. The Morgan fingerprint density at radius 1 is 0.486 bits per heavy atom. The average Bonchev–Trinajstić information content (AvgIpc) is 1.17. The summed E-state index contributed by atoms with van der Waals surface area (Å²) in [6.45, 7) is 17.3. The number of aliphatic hydroxyl groups excluding tert-OH is 12. The van der Waals surface area contributed by atoms with Gasteiger partial charge in [0.15, 0.2) is 25.2 Å². The van der Waals surface area contributed by atoms with Crippen LogP contribution in [0.4, 0.5) is 0 Å². The Balaban J connectivity index is 0.887. The predicted octanol–water partition coefficient (Wildman–Crippen LogP) is -2.50. The molecule has 109 heavy (non-hydrogen) atoms. The largest absolute Gasteiger partial charge is 0.394 e. The van der Waals surface area contributed by atoms with E-state index >= 15 is 0 Å². The maximum atomic E-state index is 12.0. The van der Waals surface area contributed by atoms with Crippen LogP contribution in [0, 0.1) is 17.3 Å². The smallest absolute Gasteiger partial charge is 0.217 e. The first-order chi connectivity index (χ1) is 52.3. The molecule has 0 aromatic carbocycles. The maximum Gasteiger partial charge on any atom is 0.217 e. The van der Waals surface area contributed by atoms with Gasteiger partial charge in [0, 0.05) is 135 Å². The molecule has 16 N–H and O–H groups in total. The number of hydrogen-bond donors (Lipinski definition) is 16. The number of aliphatic hydroxyl groups is 12. The third-order valence-corrected chi connectivity index (χ3v) is 20.7. The fourth-order valence-electron chi connectivity index (χ4n) is 14.4. The fraction of sp³-hybridized carbons (Fsp3) is 0.859. The summed E-state index contributed by atoms with van der Waals surface area (Å²) in [6.07, 6.45) is 1.70. The van der Waals surface area contributed by atoms with Crippen molar-refractivity contribution in [3.63, 3.8) is 0 Å². The predicted molar refractivity (Wildman–Crippen MR) is 387 cm³/mol. The third kappa shape index (κ3) is 27.2. The first-order valence-corrected chi connectivity index (χ1v) is 38.9. The molecule has 1 unspecified atom stereocenters. The van der Waals surface area contributed by atoms with Gasteiger partial charge in [0.1, 0.15) is 73.1 Å². The van der Waals surface area contributed by atoms with E-state index in [-0.39, 0.29) is 24.7 Å². The second-order valence-corrected chi connectivity index (χ2v) is 30.7. The van der Waals surface area contributed by atoms with Gasteiger partial charge in [0.2, 0.25) is 11.8 Å². The van der Waals surface area contributed by atoms with Crippen LogP contribution in [0.5, 0.6) is 0 Å². The Kier molecular flexibility index (Phi) is 36.9. The van der Waals surface area contributed by atoms with Crippen LogP contribution in [-0.2, 0) is 86.8 Å². The molecule has 4 fully saturated rings. The molecule has 4 saturated heterocycles. The van der Waals surface area contributed by atoms with Gasteiger partial charge in [-0.1, -0.05) is 56.7 Å². The van der Waals surface area contributed by atoms with Crippen LogP contribution in [0.15, 0.2) is 30.5 Å². The maximum absolute atomic E-state index is 12.0. The Bertz CT molecular complexity index is 3120. The summed E-state index contributed by atoms with van der Waals surface area (Å²) < 4.78 is 52.2. The lowest BCUT2D eigenvalue weighted by atomic mass is 9.82. The quantitative estimate of drug-likeness (QED) is 0.0260. The van der Waals surface area contributed by atoms with Gasteiger partial charge in [0.05, 0.1) is 61.4 Å². The summed E-state index contributed by atoms with van der Waals surface area (Å²) in [7, 11) is 0. The van der Waals surface area contributed by atoms with E-state index < -0.39 is 161 Å². The molecule has 8 rings (SSSR count). The summed E-state index contributed by atoms with van der Waals surface area (Å²) >= 11 is 0. The minimum atomic E-state index is -1.41. The first kappa shape index (κ1) is 89.3. The normalized spacial score (nSPS) is 30.0. The number of hydrazine groups is 2. The van der Waals surface area contributed by atoms with Crippen molar-refractivity contribution in [3.8, 4) is 0 Å². The number of amides is 2. The minimum absolute atomic E-state index is 0.0515. The molecule has 3 aromatic heterocycles. The number of unbranched alkanes of at least 4 members (excludes halogenated alkanes) is 9. The van der Waals surface area contributed by atoms with E-state index in [1.807, 2.05) is 37.6 Å². The zero-order valence-electron chi connectivity index (χ0n) is 64.4. The van der Waals surface area contributed by atoms with E-state index in [0.717, 1.165) is 93.4 Å². The van der Waals surface area contributed by atoms with Gasteiger partial charge in [-0.25, -0.2) is 0 Å². The molecule has 622 valence electrons. The van der Waals surface area contributed by atoms with E-state index in [9.17, 15) is 70.9 Å². The van der Waals surface area contributed by atoms with Gasteiger partial charge in [-0.2, -0.15) is 0 Å². The highest BCUT2D eigenvalue weighted by molar-refractivity contribution is 5.73. The molecular weight excluding hydrogens is 1430 g/mol. The van der Waals surface area contributed by atoms with Crippen molar-refractivity contribution in [2.24, 2.45) is 17.3 Å². The number of aryl methyl sites for hydroxylation is 3. The van der Waals surface area contributed by atoms with E-state index in [2.05, 4.69) is 84.2 Å². The number of ether oxygens (including phenoxy) is 8. The number of aromatic nitrogens is 9. The van der Waals surface area contributed by atoms with Crippen molar-refractivity contribution in [3.05, 3.63) is 47.6 Å². The summed E-state index contributed by atoms with van der Waals surface area (Å²) in [5.41, 5.74) is 9.86. The lowest BCUT2D eigenvalue weighted by Crippen LogP contribution is -2.64. The molecule has 3 aromatic rings. The molecule has 0 spiro atoms. The molecular formula is C71H126N16O22. The number of carbonyl (C=O) groups excluding carboxylic acids is 2. The number of nitrogens with zero attached hydrogens (tertiary/aromatic N) is 12. The number of carbonyl (C=O) groups is 2. The zero-order valence-corrected chi connectivity index (χ0v) is 64.4. The molecule has 8 heterocycles. The van der Waals surface area contributed by atoms with Gasteiger partial charge in [-0.15, -0.1) is 20.8 Å². The van der Waals surface area contributed by atoms with Crippen molar-refractivity contribution in [1.82, 2.24) is 81.4 Å². The van der Waals surface area contributed by atoms with Crippen molar-refractivity contribution in [2.75, 3.05) is 72.5 Å². The lowest BCUT2D eigenvalue weighted by Gasteiger charge is -2.42. The van der Waals surface area contributed by atoms with Gasteiger partial charge >= 0.3 is 0 Å². The lowest BCUT2D eigenvalue weighted by molar-refractivity contribution is -0.282. The second-order valence-electron chi connectivity index (χ2n) is 30.7. The summed E-state index contributed by atoms with van der Waals surface area (Å²) in [6, 6.07) is -1.99. The van der Waals surface area contributed by atoms with Gasteiger partial charge in [-0.05, 0) is 102 Å². The molecule has 38 nitrogen and oxygen atoms in total. The standard InChI is InChI=1S/C71H126N16O22/c1-44-59(94)61(96)52(40-88)106-67(44)102-28-18-8-13-24-84-36-48(74-78-84)32-82(33-49-37-85(79-75-49)25-15-10-20-30-104-69-57(72-46(3)92)65(100)63(98)54(42-90)108-69)23-17-12-22-56(71(5,6)7)83(34-50-38-86(80-76-50)26-14-9-19-29-103-68-45(2)60(95)62(97)53(41-89)107-68)35-51-39-87(81-77-51)27-16-11-21-31-105-70-58(73-47(4)93)66(101)64(99)55(43-91)109-70/h36-39,44-45,52-70,77,81,88-91,94-101H,8-35,40-43H2,1-7H3,(H,72,92)(H,73,93)/t44-,45-,52-,53-,54-,55-,56?,57-,58-,59-,60-,61+,62+,63+,64+,65-,66-,67-,68-,69-,70-/m1/s1. The minimum Gasteiger partial charge on any atom is -0.394 e. The van der Waals surface area contributed by atoms with Crippen LogP contribution < -0.4 is 21.6 Å². The number of nitrogens with one attached hydrogen (secondary N) is 4. The topological polar surface area (TPSA) is 501 Å². The Morgan fingerprint density at radius 3 is 1.24 bits per heavy atom. The molecule has 0 bridgehead atoms. The van der Waals surface area contributed by atoms with E-state index in [1.165, 1.54) is 13.8 Å². The van der Waals surface area contributed by atoms with Crippen molar-refractivity contribution in [1.29, 1.82) is 0 Å². The summed E-state index contributed by atoms with van der Waals surface area (Å²) in [5, 5.41) is 157. The van der Waals surface area contributed by atoms with E-state index in [4.69, 9.17) is 43.0 Å². The molecule has 0 aliphatic carbocycles. The molecule has 5 aliphatic rings. The van der Waals surface area contributed by atoms with Gasteiger partial charge in [-0.3, -0.25) is 38.4 Å². The Hall–Kier alpha value is -5.22. The van der Waals surface area contributed by atoms with Crippen LogP contribution in [0.2, 0.25) is 0 Å². The highest BCUT2D eigenvalue weighted by Gasteiger charge is 2.48. The highest BCUT2D eigenvalue weighted by Crippen LogP contribution is 2.33. The van der Waals surface area contributed by atoms with Crippen LogP contribution in [0.1, 0.15) is 162 Å². The molecule has 5 aliphatic heterocycles. The van der Waals surface area contributed by atoms with Crippen molar-refractivity contribution < 1.29 is 109 Å². The number of hydrogen-bond acceptors (Lipinski definition) is 33. The molecule has 21 atom stereocenters. The van der Waals surface area contributed by atoms with Crippen LogP contribution in [0.3, 0.4) is 0 Å². The average molecular weight is 1560 g/mol. The van der Waals surface area contributed by atoms with Gasteiger partial charge < -0.3 is 115 Å². The van der Waals surface area contributed by atoms with Crippen LogP contribution in [0.25, 0.3) is 0 Å². The fourth-order valence-corrected chi connectivity index (χ4v) is 14.4. The SMILES string of the molecule is CC(=O)N[C@H]1[C@H](OCCCCCN2C=C(CN(Cc3cn(CCCCCO[C@@H]4O[C@H](CO)[C@H](O)[C@H](O)[C@H]4C)nn3)C(CCCCN(Cc3cn(CCCCCO[C@@H]4O[C@H](CO)[C@H](O)[C@H](O)[C@H]4C)nn3)Cc3cn(CCCCCO[C@@H]4O[C@H](CO)[C@H](O)[C@H](O)[C@H]4NC(C)=O)nn3)C(C)(C)C)NN2)O[C@H](CO)[C@H](O)[C@@H]1O. The molecule has 0 radical (unpaired) electrons. The van der Waals surface area contributed by atoms with Gasteiger partial charge in [0.25, 0.3) is 0 Å². The van der Waals surface area contributed by atoms with Crippen LogP contribution >= 0.6 is 0 Å². The van der Waals surface area contributed by atoms with E-state index in [0.29, 0.717) is 97.8 Å². The van der Waals surface area contributed by atoms with Crippen molar-refractivity contribution in [2.45, 2.75) is 301 Å². The van der Waals surface area contributed by atoms with E-state index in [1.54, 1.807) is 13.8 Å². The van der Waals surface area contributed by atoms with Crippen molar-refractivity contribution >= 4 is 11.8 Å². The molecule has 38 heteroatoms.